The van der Waals surface area contributed by atoms with E-state index in [9.17, 15) is 4.79 Å². The Bertz CT molecular complexity index is 768. The molecule has 3 aromatic heterocycles. The molecule has 0 spiro atoms. The van der Waals surface area contributed by atoms with E-state index >= 15 is 0 Å². The Labute approximate surface area is 121 Å². The smallest absolute Gasteiger partial charge is 0.251 e. The van der Waals surface area contributed by atoms with Crippen molar-refractivity contribution < 1.29 is 9.32 Å². The van der Waals surface area contributed by atoms with Gasteiger partial charge in [0.25, 0.3) is 5.91 Å². The number of carbonyl (C=O) groups is 1. The Balaban J connectivity index is 1.63. The van der Waals surface area contributed by atoms with E-state index in [4.69, 9.17) is 4.52 Å². The topological polar surface area (TPSA) is 72.4 Å². The van der Waals surface area contributed by atoms with E-state index in [2.05, 4.69) is 15.5 Å². The van der Waals surface area contributed by atoms with Crippen LogP contribution in [0.2, 0.25) is 0 Å². The number of pyridine rings is 1. The SMILES string of the molecule is Cc1noc(C)c1CCNC(=O)c1ccn2cncc2c1. The maximum atomic E-state index is 12.1. The number of nitrogens with zero attached hydrogens (tertiary/aromatic N) is 3. The van der Waals surface area contributed by atoms with Crippen LogP contribution in [0.3, 0.4) is 0 Å². The highest BCUT2D eigenvalue weighted by Crippen LogP contribution is 2.12. The summed E-state index contributed by atoms with van der Waals surface area (Å²) >= 11 is 0. The minimum atomic E-state index is -0.0922. The van der Waals surface area contributed by atoms with E-state index in [1.165, 1.54) is 0 Å². The van der Waals surface area contributed by atoms with Crippen molar-refractivity contribution in [3.05, 3.63) is 53.4 Å². The molecule has 0 radical (unpaired) electrons. The molecule has 0 saturated carbocycles. The number of fused-ring (bicyclic) bond motifs is 1. The van der Waals surface area contributed by atoms with Crippen LogP contribution in [0.1, 0.15) is 27.4 Å². The van der Waals surface area contributed by atoms with Gasteiger partial charge in [-0.05, 0) is 32.4 Å². The average molecular weight is 284 g/mol. The third kappa shape index (κ3) is 2.65. The fourth-order valence-electron chi connectivity index (χ4n) is 2.32. The second-order valence-electron chi connectivity index (χ2n) is 4.95. The summed E-state index contributed by atoms with van der Waals surface area (Å²) in [5.74, 6) is 0.716. The second-order valence-corrected chi connectivity index (χ2v) is 4.95. The Morgan fingerprint density at radius 1 is 1.43 bits per heavy atom. The first-order chi connectivity index (χ1) is 10.1. The van der Waals surface area contributed by atoms with Gasteiger partial charge in [-0.1, -0.05) is 5.16 Å². The van der Waals surface area contributed by atoms with Crippen molar-refractivity contribution in [3.8, 4) is 0 Å². The number of aryl methyl sites for hydroxylation is 2. The highest BCUT2D eigenvalue weighted by molar-refractivity contribution is 5.95. The summed E-state index contributed by atoms with van der Waals surface area (Å²) in [4.78, 5) is 16.2. The third-order valence-corrected chi connectivity index (χ3v) is 3.52. The molecule has 3 heterocycles. The summed E-state index contributed by atoms with van der Waals surface area (Å²) < 4.78 is 6.97. The zero-order chi connectivity index (χ0) is 14.8. The van der Waals surface area contributed by atoms with E-state index in [1.807, 2.05) is 30.5 Å². The standard InChI is InChI=1S/C15H16N4O2/c1-10-14(11(2)21-18-10)3-5-17-15(20)12-4-6-19-9-16-8-13(19)7-12/h4,6-9H,3,5H2,1-2H3,(H,17,20). The van der Waals surface area contributed by atoms with Crippen LogP contribution in [0, 0.1) is 13.8 Å². The van der Waals surface area contributed by atoms with Gasteiger partial charge in [0.05, 0.1) is 23.7 Å². The molecule has 3 aromatic rings. The van der Waals surface area contributed by atoms with E-state index in [-0.39, 0.29) is 5.91 Å². The number of rotatable bonds is 4. The first-order valence-corrected chi connectivity index (χ1v) is 6.77. The van der Waals surface area contributed by atoms with Crippen molar-refractivity contribution in [3.63, 3.8) is 0 Å². The molecule has 3 rings (SSSR count). The molecule has 0 aliphatic carbocycles. The van der Waals surface area contributed by atoms with Crippen LogP contribution in [0.15, 0.2) is 35.4 Å². The zero-order valence-corrected chi connectivity index (χ0v) is 12.0. The molecule has 1 amide bonds. The van der Waals surface area contributed by atoms with Crippen molar-refractivity contribution in [1.82, 2.24) is 19.9 Å². The summed E-state index contributed by atoms with van der Waals surface area (Å²) in [5.41, 5.74) is 3.46. The number of imidazole rings is 1. The molecule has 0 aliphatic heterocycles. The van der Waals surface area contributed by atoms with Crippen molar-refractivity contribution >= 4 is 11.4 Å². The van der Waals surface area contributed by atoms with Gasteiger partial charge in [0.15, 0.2) is 0 Å². The molecule has 21 heavy (non-hydrogen) atoms. The lowest BCUT2D eigenvalue weighted by Gasteiger charge is -2.05. The number of amides is 1. The molecule has 6 heteroatoms. The van der Waals surface area contributed by atoms with Crippen LogP contribution >= 0.6 is 0 Å². The zero-order valence-electron chi connectivity index (χ0n) is 12.0. The fourth-order valence-corrected chi connectivity index (χ4v) is 2.32. The van der Waals surface area contributed by atoms with Gasteiger partial charge in [0.2, 0.25) is 0 Å². The minimum absolute atomic E-state index is 0.0922. The summed E-state index contributed by atoms with van der Waals surface area (Å²) in [7, 11) is 0. The van der Waals surface area contributed by atoms with Crippen LogP contribution in [-0.2, 0) is 6.42 Å². The molecule has 0 unspecified atom stereocenters. The predicted octanol–water partition coefficient (Wildman–Crippen LogP) is 1.91. The largest absolute Gasteiger partial charge is 0.361 e. The lowest BCUT2D eigenvalue weighted by molar-refractivity contribution is 0.0954. The van der Waals surface area contributed by atoms with Gasteiger partial charge < -0.3 is 14.2 Å². The highest BCUT2D eigenvalue weighted by atomic mass is 16.5. The van der Waals surface area contributed by atoms with Gasteiger partial charge in [0, 0.05) is 23.9 Å². The third-order valence-electron chi connectivity index (χ3n) is 3.52. The van der Waals surface area contributed by atoms with Gasteiger partial charge in [-0.25, -0.2) is 4.98 Å². The Hall–Kier alpha value is -2.63. The minimum Gasteiger partial charge on any atom is -0.361 e. The number of hydrogen-bond acceptors (Lipinski definition) is 4. The molecule has 0 bridgehead atoms. The van der Waals surface area contributed by atoms with Crippen LogP contribution in [-0.4, -0.2) is 27.0 Å². The summed E-state index contributed by atoms with van der Waals surface area (Å²) in [5, 5.41) is 6.81. The molecular weight excluding hydrogens is 268 g/mol. The van der Waals surface area contributed by atoms with E-state index in [1.54, 1.807) is 18.6 Å². The first kappa shape index (κ1) is 13.4. The van der Waals surface area contributed by atoms with Crippen molar-refractivity contribution in [1.29, 1.82) is 0 Å². The Kier molecular flexibility index (Phi) is 3.43. The monoisotopic (exact) mass is 284 g/mol. The van der Waals surface area contributed by atoms with Crippen LogP contribution in [0.25, 0.3) is 5.52 Å². The summed E-state index contributed by atoms with van der Waals surface area (Å²) in [6.45, 7) is 4.33. The van der Waals surface area contributed by atoms with Crippen molar-refractivity contribution in [2.75, 3.05) is 6.54 Å². The highest BCUT2D eigenvalue weighted by Gasteiger charge is 2.10. The van der Waals surface area contributed by atoms with E-state index < -0.39 is 0 Å². The molecule has 6 nitrogen and oxygen atoms in total. The number of nitrogens with one attached hydrogen (secondary N) is 1. The Morgan fingerprint density at radius 2 is 2.29 bits per heavy atom. The summed E-state index contributed by atoms with van der Waals surface area (Å²) in [6, 6.07) is 3.60. The molecule has 108 valence electrons. The predicted molar refractivity (Wildman–Crippen MR) is 77.2 cm³/mol. The molecule has 1 N–H and O–H groups in total. The first-order valence-electron chi connectivity index (χ1n) is 6.77. The molecular formula is C15H16N4O2. The van der Waals surface area contributed by atoms with Gasteiger partial charge >= 0.3 is 0 Å². The number of carbonyl (C=O) groups excluding carboxylic acids is 1. The van der Waals surface area contributed by atoms with E-state index in [0.717, 1.165) is 22.5 Å². The molecule has 0 aromatic carbocycles. The Morgan fingerprint density at radius 3 is 3.05 bits per heavy atom. The maximum Gasteiger partial charge on any atom is 0.251 e. The van der Waals surface area contributed by atoms with Gasteiger partial charge in [-0.2, -0.15) is 0 Å². The second kappa shape index (κ2) is 5.40. The molecule has 0 aliphatic rings. The van der Waals surface area contributed by atoms with Crippen LogP contribution in [0.4, 0.5) is 0 Å². The lowest BCUT2D eigenvalue weighted by atomic mass is 10.1. The van der Waals surface area contributed by atoms with Gasteiger partial charge in [-0.15, -0.1) is 0 Å². The number of hydrogen-bond donors (Lipinski definition) is 1. The van der Waals surface area contributed by atoms with Crippen LogP contribution < -0.4 is 5.32 Å². The normalized spacial score (nSPS) is 11.0. The van der Waals surface area contributed by atoms with Crippen LogP contribution in [0.5, 0.6) is 0 Å². The van der Waals surface area contributed by atoms with Crippen molar-refractivity contribution in [2.24, 2.45) is 0 Å². The van der Waals surface area contributed by atoms with Crippen molar-refractivity contribution in [2.45, 2.75) is 20.3 Å². The fraction of sp³-hybridized carbons (Fsp3) is 0.267. The lowest BCUT2D eigenvalue weighted by Crippen LogP contribution is -2.26. The maximum absolute atomic E-state index is 12.1. The summed E-state index contributed by atoms with van der Waals surface area (Å²) in [6.07, 6.45) is 5.96. The van der Waals surface area contributed by atoms with E-state index in [0.29, 0.717) is 18.5 Å². The number of aromatic nitrogens is 3. The van der Waals surface area contributed by atoms with Gasteiger partial charge in [0.1, 0.15) is 5.76 Å². The quantitative estimate of drug-likeness (QED) is 0.794. The van der Waals surface area contributed by atoms with Gasteiger partial charge in [-0.3, -0.25) is 4.79 Å². The molecule has 0 saturated heterocycles. The average Bonchev–Trinajstić information content (AvgIpc) is 3.07. The molecule has 0 atom stereocenters. The molecule has 0 fully saturated rings.